The van der Waals surface area contributed by atoms with Crippen molar-refractivity contribution < 1.29 is 232 Å². The van der Waals surface area contributed by atoms with Crippen LogP contribution in [0.2, 0.25) is 0 Å². The second-order valence-electron chi connectivity index (χ2n) is 26.9. The van der Waals surface area contributed by atoms with Crippen LogP contribution in [0.5, 0.6) is 34.5 Å². The molecule has 0 saturated carbocycles. The van der Waals surface area contributed by atoms with E-state index in [1.165, 1.54) is 0 Å². The largest absolute Gasteiger partial charge is 0.478 e. The quantitative estimate of drug-likeness (QED) is 0.0541. The van der Waals surface area contributed by atoms with Crippen molar-refractivity contribution in [2.24, 2.45) is 29.1 Å². The van der Waals surface area contributed by atoms with E-state index in [2.05, 4.69) is 43.4 Å². The number of halogens is 42. The minimum atomic E-state index is -7.17. The summed E-state index contributed by atoms with van der Waals surface area (Å²) in [6.07, 6.45) is -138. The summed E-state index contributed by atoms with van der Waals surface area (Å²) >= 11 is -0.986. The Labute approximate surface area is 671 Å². The number of carboxylic acid groups (broad SMARTS) is 1. The molecule has 3 N–H and O–H groups in total. The number of aliphatic carboxylic acids is 1. The molecule has 0 spiro atoms. The van der Waals surface area contributed by atoms with Gasteiger partial charge in [-0.1, -0.05) is 82.2 Å². The zero-order valence-electron chi connectivity index (χ0n) is 59.8. The molecular weight excluding hydrogens is 1890 g/mol. The molecule has 127 heavy (non-hydrogen) atoms. The lowest BCUT2D eigenvalue weighted by Gasteiger charge is -2.29. The average molecular weight is 1920 g/mol. The number of rotatable bonds is 14. The van der Waals surface area contributed by atoms with E-state index < -0.39 is 333 Å². The number of fused-ring (bicyclic) bond motifs is 19. The number of carboxylic acids is 1. The third-order valence-electron chi connectivity index (χ3n) is 18.6. The van der Waals surface area contributed by atoms with Crippen molar-refractivity contribution in [3.8, 4) is 34.5 Å². The molecule has 1 unspecified atom stereocenters. The van der Waals surface area contributed by atoms with E-state index in [9.17, 15) is 23.1 Å². The van der Waals surface area contributed by atoms with Crippen LogP contribution in [0.4, 0.5) is 196 Å². The van der Waals surface area contributed by atoms with E-state index in [0.717, 1.165) is 0 Å². The summed E-state index contributed by atoms with van der Waals surface area (Å²) in [7, 11) is 0.106. The molecule has 0 saturated heterocycles. The minimum absolute atomic E-state index is 0.00518. The molecule has 0 amide bonds. The fraction of sp³-hybridized carbons (Fsp3) is 0.343. The SMILES string of the molecule is Cn1c2c3c(OC(C(F)(F)F)C(F)(F)F)c4ccccc4c(OC(C(F)(F)F)C(F)(F)F)c3c1NC1c3c(c(OC(C(F)(F)F)C(F)(F)F)c4ccccc4c3OC(C(F)(F)F)C(F)(F)F)C3=[N+]1N[N+]1=C(N=c4c5sc(C=C(C(=O)O)C(F)(F)F)c(C(F)(F)F)c5c(n4C)=N3)c3c(c(OC(C(F)(F)F)C(F)(F)F)c4ccccc4c3OC(C(F)(F)F)C(F)(F)F)C1=N2. The number of nitrogens with one attached hydrogen (secondary N) is 2. The fourth-order valence-corrected chi connectivity index (χ4v) is 15.1. The van der Waals surface area contributed by atoms with Gasteiger partial charge in [0.15, 0.2) is 11.3 Å². The number of hydrogen-bond acceptors (Lipinski definition) is 13. The summed E-state index contributed by atoms with van der Waals surface area (Å²) in [4.78, 5) is 21.7. The molecule has 9 aromatic rings. The molecule has 6 bridgehead atoms. The van der Waals surface area contributed by atoms with Gasteiger partial charge < -0.3 is 43.4 Å². The van der Waals surface area contributed by atoms with Gasteiger partial charge in [-0.25, -0.2) is 4.79 Å². The highest BCUT2D eigenvalue weighted by Gasteiger charge is 2.68. The first-order valence-electron chi connectivity index (χ1n) is 33.3. The lowest BCUT2D eigenvalue weighted by atomic mass is 9.96. The number of thiophene rings is 1. The number of hydrogen-bond donors (Lipinski definition) is 3. The van der Waals surface area contributed by atoms with Crippen molar-refractivity contribution in [3.63, 3.8) is 0 Å². The minimum Gasteiger partial charge on any atom is -0.478 e. The molecule has 0 aliphatic carbocycles. The number of aliphatic imine (C=N–C) groups is 1. The van der Waals surface area contributed by atoms with E-state index >= 15 is 171 Å². The summed E-state index contributed by atoms with van der Waals surface area (Å²) in [5.41, 5.74) is -18.6. The molecule has 0 radical (unpaired) electrons. The first-order chi connectivity index (χ1) is 57.6. The molecular formula is C67H29F42N9O8S+2. The highest BCUT2D eigenvalue weighted by molar-refractivity contribution is 7.20. The Morgan fingerprint density at radius 2 is 0.732 bits per heavy atom. The number of hydrazone groups is 2. The van der Waals surface area contributed by atoms with Crippen molar-refractivity contribution in [2.75, 3.05) is 5.32 Å². The van der Waals surface area contributed by atoms with Gasteiger partial charge in [-0.05, 0) is 11.6 Å². The van der Waals surface area contributed by atoms with Gasteiger partial charge in [0.1, 0.15) is 62.6 Å². The maximum absolute atomic E-state index is 16.5. The first kappa shape index (κ1) is 92.8. The van der Waals surface area contributed by atoms with Crippen LogP contribution in [-0.4, -0.2) is 164 Å². The van der Waals surface area contributed by atoms with Crippen LogP contribution >= 0.6 is 11.3 Å². The molecule has 7 heterocycles. The predicted octanol–water partition coefficient (Wildman–Crippen LogP) is 20.6. The highest BCUT2D eigenvalue weighted by atomic mass is 32.1. The first-order valence-corrected chi connectivity index (χ1v) is 34.1. The number of anilines is 1. The highest BCUT2D eigenvalue weighted by Crippen LogP contribution is 2.60. The second kappa shape index (κ2) is 29.4. The molecule has 688 valence electrons. The van der Waals surface area contributed by atoms with Crippen LogP contribution in [0.1, 0.15) is 38.9 Å². The van der Waals surface area contributed by atoms with Gasteiger partial charge >= 0.3 is 98.3 Å². The van der Waals surface area contributed by atoms with Crippen molar-refractivity contribution in [2.45, 2.75) is 129 Å². The lowest BCUT2D eigenvalue weighted by Crippen LogP contribution is -2.48. The third kappa shape index (κ3) is 16.3. The molecule has 0 fully saturated rings. The topological polar surface area (TPSA) is 170 Å². The summed E-state index contributed by atoms with van der Waals surface area (Å²) in [5.74, 6) is -30.8. The number of amidine groups is 3. The van der Waals surface area contributed by atoms with Crippen LogP contribution in [-0.2, 0) is 25.1 Å². The molecule has 60 heteroatoms. The van der Waals surface area contributed by atoms with Crippen molar-refractivity contribution in [3.05, 3.63) is 122 Å². The van der Waals surface area contributed by atoms with Gasteiger partial charge in [-0.2, -0.15) is 194 Å². The average Bonchev–Trinajstić information content (AvgIpc) is 1.52. The Morgan fingerprint density at radius 1 is 0.409 bits per heavy atom. The normalized spacial score (nSPS) is 16.3. The van der Waals surface area contributed by atoms with Gasteiger partial charge in [0.2, 0.25) is 0 Å². The summed E-state index contributed by atoms with van der Waals surface area (Å²) < 4.78 is 674. The lowest BCUT2D eigenvalue weighted by molar-refractivity contribution is -0.786. The monoisotopic (exact) mass is 1920 g/mol. The Balaban J connectivity index is 1.45. The summed E-state index contributed by atoms with van der Waals surface area (Å²) in [6.45, 7) is 0. The number of hydrazine groups is 2. The van der Waals surface area contributed by atoms with Crippen molar-refractivity contribution >= 4 is 106 Å². The Hall–Kier alpha value is -11.8. The predicted molar refractivity (Wildman–Crippen MR) is 342 cm³/mol. The number of carbonyl (C=O) groups is 1. The van der Waals surface area contributed by atoms with E-state index in [4.69, 9.17) is 0 Å². The van der Waals surface area contributed by atoms with Crippen molar-refractivity contribution in [1.82, 2.24) is 14.7 Å². The number of ether oxygens (including phenoxy) is 6. The molecule has 1 atom stereocenters. The Morgan fingerprint density at radius 3 is 1.09 bits per heavy atom. The van der Waals surface area contributed by atoms with Gasteiger partial charge in [-0.15, -0.1) is 11.3 Å². The maximum atomic E-state index is 16.5. The maximum Gasteiger partial charge on any atom is 0.434 e. The van der Waals surface area contributed by atoms with Gasteiger partial charge in [0, 0.05) is 56.3 Å². The molecule has 4 aliphatic heterocycles. The zero-order chi connectivity index (χ0) is 94.9. The number of aromatic nitrogens is 2. The summed E-state index contributed by atoms with van der Waals surface area (Å²) in [5, 5.41) is -6.98. The Kier molecular flexibility index (Phi) is 21.5. The standard InChI is InChI=1S/C67H27F42N9O8S/c1-115-39-24-25(33(122-49(58(80,81)82)59(83,84)85)17-10-4-3-9-16(17)32(24)121-48(56(74,75)76)57(77,78)79)40(115)111-43-28-29(37(126-53(66(104,105)106)67(107,108)109)21-14-8-7-13-20(21)36(28)125-52(64(98,99)100)65(101,102)103)45-113-46-38-30(31(55(71,72)73)23(127-38)15-22(47(119)120)54(68,69)70)41(116(46)2)112-44-27-26(42(110-39)117(44)114-118(43)45)34(123-50(60(86,87)88)61(89,90)91)18-11-5-6-12-19(18)35(27)124-51(62(92,93)94)63(95,96)97/h3-15,42,48-53H,1-2H3,(H-,110,113,114,119,120)/p+2. The van der Waals surface area contributed by atoms with Crippen LogP contribution in [0, 0.1) is 0 Å². The third-order valence-corrected chi connectivity index (χ3v) is 19.7. The van der Waals surface area contributed by atoms with Crippen LogP contribution in [0.3, 0.4) is 0 Å². The summed E-state index contributed by atoms with van der Waals surface area (Å²) in [6, 6.07) is 2.04. The number of benzene rings is 6. The zero-order valence-corrected chi connectivity index (χ0v) is 60.6. The van der Waals surface area contributed by atoms with Crippen LogP contribution in [0.25, 0.3) is 59.3 Å². The van der Waals surface area contributed by atoms with E-state index in [1.54, 1.807) is 10.9 Å². The number of alkyl halides is 42. The Bertz CT molecular complexity index is 6230. The van der Waals surface area contributed by atoms with E-state index in [0.29, 0.717) is 36.4 Å². The molecule has 13 rings (SSSR count). The molecule has 4 aliphatic rings. The van der Waals surface area contributed by atoms with E-state index in [-0.39, 0.29) is 55.1 Å². The number of nitrogens with zero attached hydrogens (tertiary/aromatic N) is 7. The molecule has 6 aromatic carbocycles. The van der Waals surface area contributed by atoms with Crippen LogP contribution in [0.15, 0.2) is 93.3 Å². The van der Waals surface area contributed by atoms with Gasteiger partial charge in [-0.3, -0.25) is 4.57 Å². The second-order valence-corrected chi connectivity index (χ2v) is 27.9. The molecule has 17 nitrogen and oxygen atoms in total. The van der Waals surface area contributed by atoms with Crippen molar-refractivity contribution in [1.29, 1.82) is 0 Å². The van der Waals surface area contributed by atoms with E-state index in [1.807, 2.05) is 0 Å². The van der Waals surface area contributed by atoms with Crippen LogP contribution < -0.4 is 50.2 Å². The molecule has 3 aromatic heterocycles. The van der Waals surface area contributed by atoms with Gasteiger partial charge in [0.05, 0.1) is 32.0 Å². The fourth-order valence-electron chi connectivity index (χ4n) is 13.8. The van der Waals surface area contributed by atoms with Gasteiger partial charge in [0.25, 0.3) is 59.9 Å². The smallest absolute Gasteiger partial charge is 0.434 e.